The van der Waals surface area contributed by atoms with Gasteiger partial charge in [-0.2, -0.15) is 4.31 Å². The van der Waals surface area contributed by atoms with E-state index in [4.69, 9.17) is 4.74 Å². The first-order valence-electron chi connectivity index (χ1n) is 11.0. The summed E-state index contributed by atoms with van der Waals surface area (Å²) < 4.78 is 33.8. The monoisotopic (exact) mass is 471 g/mol. The highest BCUT2D eigenvalue weighted by Gasteiger charge is 2.35. The second-order valence-electron chi connectivity index (χ2n) is 8.92. The summed E-state index contributed by atoms with van der Waals surface area (Å²) in [5.74, 6) is -0.558. The van der Waals surface area contributed by atoms with E-state index in [2.05, 4.69) is 10.6 Å². The molecule has 0 radical (unpaired) electrons. The SMILES string of the molecule is Cc1cc(C)c(NC(=O)[C@@H]2CCCN(S(=O)(=O)c3cc4c(cc3C)NC(=O)CO4)C2)c(C)c1. The van der Waals surface area contributed by atoms with E-state index in [-0.39, 0.29) is 29.9 Å². The molecule has 2 aliphatic rings. The summed E-state index contributed by atoms with van der Waals surface area (Å²) in [6, 6.07) is 7.10. The van der Waals surface area contributed by atoms with Gasteiger partial charge >= 0.3 is 0 Å². The highest BCUT2D eigenvalue weighted by atomic mass is 32.2. The molecule has 2 amide bonds. The highest BCUT2D eigenvalue weighted by molar-refractivity contribution is 7.89. The van der Waals surface area contributed by atoms with Gasteiger partial charge in [-0.3, -0.25) is 9.59 Å². The fraction of sp³-hybridized carbons (Fsp3) is 0.417. The molecular formula is C24H29N3O5S. The minimum Gasteiger partial charge on any atom is -0.482 e. The topological polar surface area (TPSA) is 105 Å². The maximum Gasteiger partial charge on any atom is 0.262 e. The Kier molecular flexibility index (Phi) is 6.20. The van der Waals surface area contributed by atoms with E-state index >= 15 is 0 Å². The van der Waals surface area contributed by atoms with Gasteiger partial charge in [0.25, 0.3) is 5.91 Å². The van der Waals surface area contributed by atoms with Crippen LogP contribution in [-0.2, 0) is 19.6 Å². The molecule has 0 aromatic heterocycles. The number of rotatable bonds is 4. The number of anilines is 2. The Labute approximate surface area is 194 Å². The second-order valence-corrected chi connectivity index (χ2v) is 10.8. The highest BCUT2D eigenvalue weighted by Crippen LogP contribution is 2.35. The van der Waals surface area contributed by atoms with E-state index in [1.54, 1.807) is 13.0 Å². The van der Waals surface area contributed by atoms with E-state index in [1.165, 1.54) is 10.4 Å². The predicted octanol–water partition coefficient (Wildman–Crippen LogP) is 3.29. The Hall–Kier alpha value is -2.91. The number of nitrogens with one attached hydrogen (secondary N) is 2. The number of hydrogen-bond acceptors (Lipinski definition) is 5. The molecule has 0 unspecified atom stereocenters. The van der Waals surface area contributed by atoms with Crippen LogP contribution in [0.3, 0.4) is 0 Å². The number of carbonyl (C=O) groups excluding carboxylic acids is 2. The smallest absolute Gasteiger partial charge is 0.262 e. The summed E-state index contributed by atoms with van der Waals surface area (Å²) in [5.41, 5.74) is 4.85. The fourth-order valence-corrected chi connectivity index (χ4v) is 6.36. The van der Waals surface area contributed by atoms with Gasteiger partial charge in [0.1, 0.15) is 5.75 Å². The molecule has 8 nitrogen and oxygen atoms in total. The van der Waals surface area contributed by atoms with Gasteiger partial charge in [0.15, 0.2) is 6.61 Å². The molecule has 4 rings (SSSR count). The Morgan fingerprint density at radius 1 is 1.09 bits per heavy atom. The van der Waals surface area contributed by atoms with Crippen molar-refractivity contribution in [1.82, 2.24) is 4.31 Å². The first-order valence-corrected chi connectivity index (χ1v) is 12.5. The summed E-state index contributed by atoms with van der Waals surface area (Å²) in [5, 5.41) is 5.71. The van der Waals surface area contributed by atoms with Crippen molar-refractivity contribution in [2.45, 2.75) is 45.4 Å². The second kappa shape index (κ2) is 8.79. The third kappa shape index (κ3) is 4.60. The molecule has 0 aliphatic carbocycles. The number of fused-ring (bicyclic) bond motifs is 1. The number of amides is 2. The predicted molar refractivity (Wildman–Crippen MR) is 126 cm³/mol. The zero-order chi connectivity index (χ0) is 23.9. The van der Waals surface area contributed by atoms with Crippen LogP contribution in [0.4, 0.5) is 11.4 Å². The van der Waals surface area contributed by atoms with E-state index in [1.807, 2.05) is 32.9 Å². The number of carbonyl (C=O) groups is 2. The van der Waals surface area contributed by atoms with Gasteiger partial charge in [0, 0.05) is 24.8 Å². The van der Waals surface area contributed by atoms with Gasteiger partial charge in [0.05, 0.1) is 16.5 Å². The summed E-state index contributed by atoms with van der Waals surface area (Å²) in [6.07, 6.45) is 1.22. The van der Waals surface area contributed by atoms with Gasteiger partial charge in [-0.25, -0.2) is 8.42 Å². The van der Waals surface area contributed by atoms with Crippen molar-refractivity contribution in [3.05, 3.63) is 46.5 Å². The zero-order valence-corrected chi connectivity index (χ0v) is 20.1. The number of benzene rings is 2. The van der Waals surface area contributed by atoms with Crippen molar-refractivity contribution >= 4 is 33.2 Å². The summed E-state index contributed by atoms with van der Waals surface area (Å²) >= 11 is 0. The number of aryl methyl sites for hydroxylation is 4. The maximum absolute atomic E-state index is 13.5. The average molecular weight is 472 g/mol. The third-order valence-electron chi connectivity index (χ3n) is 6.21. The fourth-order valence-electron chi connectivity index (χ4n) is 4.61. The van der Waals surface area contributed by atoms with Crippen molar-refractivity contribution in [1.29, 1.82) is 0 Å². The standard InChI is InChI=1S/C24H29N3O5S/c1-14-8-16(3)23(17(4)9-14)26-24(29)18-6-5-7-27(12-18)33(30,31)21-11-20-19(10-15(21)2)25-22(28)13-32-20/h8-11,18H,5-7,12-13H2,1-4H3,(H,25,28)(H,26,29)/t18-/m1/s1. The van der Waals surface area contributed by atoms with Gasteiger partial charge in [-0.05, 0) is 63.3 Å². The van der Waals surface area contributed by atoms with Gasteiger partial charge < -0.3 is 15.4 Å². The molecular weight excluding hydrogens is 442 g/mol. The van der Waals surface area contributed by atoms with Gasteiger partial charge in [0.2, 0.25) is 15.9 Å². The molecule has 1 saturated heterocycles. The Bertz CT molecular complexity index is 1220. The molecule has 1 atom stereocenters. The maximum atomic E-state index is 13.5. The van der Waals surface area contributed by atoms with Crippen LogP contribution in [-0.4, -0.2) is 44.2 Å². The van der Waals surface area contributed by atoms with Crippen LogP contribution in [0, 0.1) is 33.6 Å². The summed E-state index contributed by atoms with van der Waals surface area (Å²) in [6.45, 7) is 7.92. The molecule has 9 heteroatoms. The number of hydrogen-bond donors (Lipinski definition) is 2. The molecule has 2 N–H and O–H groups in total. The lowest BCUT2D eigenvalue weighted by atomic mass is 9.98. The molecule has 0 spiro atoms. The van der Waals surface area contributed by atoms with E-state index in [0.29, 0.717) is 36.4 Å². The van der Waals surface area contributed by atoms with Crippen LogP contribution in [0.5, 0.6) is 5.75 Å². The molecule has 2 aliphatic heterocycles. The molecule has 176 valence electrons. The lowest BCUT2D eigenvalue weighted by molar-refractivity contribution is -0.121. The summed E-state index contributed by atoms with van der Waals surface area (Å²) in [4.78, 5) is 24.7. The lowest BCUT2D eigenvalue weighted by Crippen LogP contribution is -2.44. The number of nitrogens with zero attached hydrogens (tertiary/aromatic N) is 1. The minimum absolute atomic E-state index is 0.117. The van der Waals surface area contributed by atoms with Crippen molar-refractivity contribution < 1.29 is 22.7 Å². The molecule has 0 bridgehead atoms. The Morgan fingerprint density at radius 3 is 2.48 bits per heavy atom. The normalized spacial score (nSPS) is 18.8. The van der Waals surface area contributed by atoms with Crippen LogP contribution < -0.4 is 15.4 Å². The van der Waals surface area contributed by atoms with Gasteiger partial charge in [-0.1, -0.05) is 17.7 Å². The largest absolute Gasteiger partial charge is 0.482 e. The van der Waals surface area contributed by atoms with Crippen LogP contribution in [0.1, 0.15) is 35.1 Å². The van der Waals surface area contributed by atoms with Crippen molar-refractivity contribution in [3.63, 3.8) is 0 Å². The minimum atomic E-state index is -3.84. The zero-order valence-electron chi connectivity index (χ0n) is 19.3. The Morgan fingerprint density at radius 2 is 1.79 bits per heavy atom. The lowest BCUT2D eigenvalue weighted by Gasteiger charge is -2.32. The van der Waals surface area contributed by atoms with Crippen LogP contribution >= 0.6 is 0 Å². The number of piperidine rings is 1. The molecule has 1 fully saturated rings. The number of ether oxygens (including phenoxy) is 1. The molecule has 2 aromatic carbocycles. The molecule has 0 saturated carbocycles. The van der Waals surface area contributed by atoms with Gasteiger partial charge in [-0.15, -0.1) is 0 Å². The number of sulfonamides is 1. The van der Waals surface area contributed by atoms with E-state index < -0.39 is 15.9 Å². The average Bonchev–Trinajstić information content (AvgIpc) is 2.75. The molecule has 2 aromatic rings. The molecule has 2 heterocycles. The first kappa shape index (κ1) is 23.3. The molecule has 33 heavy (non-hydrogen) atoms. The van der Waals surface area contributed by atoms with Crippen LogP contribution in [0.25, 0.3) is 0 Å². The summed E-state index contributed by atoms with van der Waals surface area (Å²) in [7, 11) is -3.84. The van der Waals surface area contributed by atoms with E-state index in [0.717, 1.165) is 22.4 Å². The Balaban J connectivity index is 1.55. The van der Waals surface area contributed by atoms with Crippen molar-refractivity contribution in [3.8, 4) is 5.75 Å². The van der Waals surface area contributed by atoms with Crippen molar-refractivity contribution in [2.75, 3.05) is 30.3 Å². The van der Waals surface area contributed by atoms with Crippen molar-refractivity contribution in [2.24, 2.45) is 5.92 Å². The van der Waals surface area contributed by atoms with Crippen LogP contribution in [0.2, 0.25) is 0 Å². The van der Waals surface area contributed by atoms with E-state index in [9.17, 15) is 18.0 Å². The first-order chi connectivity index (χ1) is 15.6. The quantitative estimate of drug-likeness (QED) is 0.712. The van der Waals surface area contributed by atoms with Crippen LogP contribution in [0.15, 0.2) is 29.2 Å². The third-order valence-corrected chi connectivity index (χ3v) is 8.22.